The zero-order chi connectivity index (χ0) is 13.9. The number of rotatable bonds is 5. The molecule has 1 heterocycles. The molecular formula is C16H22O3. The van der Waals surface area contributed by atoms with Crippen LogP contribution in [0, 0.1) is 0 Å². The lowest BCUT2D eigenvalue weighted by molar-refractivity contribution is -0.133. The molecule has 0 aliphatic carbocycles. The summed E-state index contributed by atoms with van der Waals surface area (Å²) in [6.07, 6.45) is 1.70. The van der Waals surface area contributed by atoms with Gasteiger partial charge in [-0.15, -0.1) is 0 Å². The van der Waals surface area contributed by atoms with Crippen LogP contribution in [0.4, 0.5) is 0 Å². The van der Waals surface area contributed by atoms with E-state index in [9.17, 15) is 4.79 Å². The van der Waals surface area contributed by atoms with Crippen LogP contribution in [0.25, 0.3) is 0 Å². The maximum atomic E-state index is 12.3. The van der Waals surface area contributed by atoms with Crippen LogP contribution in [-0.2, 0) is 20.7 Å². The Morgan fingerprint density at radius 2 is 2.16 bits per heavy atom. The molecule has 3 heteroatoms. The summed E-state index contributed by atoms with van der Waals surface area (Å²) in [4.78, 5) is 12.3. The number of Topliss-reactive ketones (excluding diaryl/α,β-unsaturated/α-hetero) is 1. The van der Waals surface area contributed by atoms with Gasteiger partial charge in [0.1, 0.15) is 6.10 Å². The summed E-state index contributed by atoms with van der Waals surface area (Å²) < 4.78 is 11.0. The minimum Gasteiger partial charge on any atom is -0.379 e. The Bertz CT molecular complexity index is 451. The van der Waals surface area contributed by atoms with E-state index in [1.54, 1.807) is 7.11 Å². The van der Waals surface area contributed by atoms with Crippen LogP contribution in [0.15, 0.2) is 24.3 Å². The largest absolute Gasteiger partial charge is 0.379 e. The summed E-state index contributed by atoms with van der Waals surface area (Å²) in [5, 5.41) is 0. The van der Waals surface area contributed by atoms with E-state index in [4.69, 9.17) is 9.47 Å². The van der Waals surface area contributed by atoms with Gasteiger partial charge in [-0.25, -0.2) is 0 Å². The van der Waals surface area contributed by atoms with Crippen molar-refractivity contribution in [3.8, 4) is 0 Å². The monoisotopic (exact) mass is 262 g/mol. The van der Waals surface area contributed by atoms with Gasteiger partial charge in [-0.2, -0.15) is 0 Å². The molecule has 0 fully saturated rings. The van der Waals surface area contributed by atoms with E-state index in [0.717, 1.165) is 12.0 Å². The molecule has 0 spiro atoms. The van der Waals surface area contributed by atoms with Gasteiger partial charge in [0.2, 0.25) is 0 Å². The minimum absolute atomic E-state index is 0.150. The highest BCUT2D eigenvalue weighted by molar-refractivity contribution is 5.85. The standard InChI is InChI=1S/C16H22O3/c1-16(2,18-3)10-8-14(17)15-13-7-5-4-6-12(13)9-11-19-15/h4-7,15H,8-11H2,1-3H3. The fraction of sp³-hybridized carbons (Fsp3) is 0.562. The summed E-state index contributed by atoms with van der Waals surface area (Å²) in [6, 6.07) is 8.06. The van der Waals surface area contributed by atoms with Crippen LogP contribution in [-0.4, -0.2) is 25.1 Å². The molecule has 0 amide bonds. The number of hydrogen-bond acceptors (Lipinski definition) is 3. The van der Waals surface area contributed by atoms with Gasteiger partial charge in [0.25, 0.3) is 0 Å². The summed E-state index contributed by atoms with van der Waals surface area (Å²) in [5.41, 5.74) is 2.01. The maximum absolute atomic E-state index is 12.3. The van der Waals surface area contributed by atoms with E-state index in [1.807, 2.05) is 32.0 Å². The van der Waals surface area contributed by atoms with E-state index in [1.165, 1.54) is 5.56 Å². The lowest BCUT2D eigenvalue weighted by Gasteiger charge is -2.27. The van der Waals surface area contributed by atoms with E-state index in [2.05, 4.69) is 6.07 Å². The first kappa shape index (κ1) is 14.2. The van der Waals surface area contributed by atoms with Gasteiger partial charge in [-0.05, 0) is 37.8 Å². The molecule has 1 aromatic rings. The van der Waals surface area contributed by atoms with E-state index >= 15 is 0 Å². The SMILES string of the molecule is COC(C)(C)CCC(=O)C1OCCc2ccccc21. The number of ether oxygens (including phenoxy) is 2. The topological polar surface area (TPSA) is 35.5 Å². The zero-order valence-corrected chi connectivity index (χ0v) is 11.9. The highest BCUT2D eigenvalue weighted by Crippen LogP contribution is 2.29. The Balaban J connectivity index is 2.05. The summed E-state index contributed by atoms with van der Waals surface area (Å²) in [5.74, 6) is 0.150. The van der Waals surface area contributed by atoms with Crippen molar-refractivity contribution in [3.05, 3.63) is 35.4 Å². The van der Waals surface area contributed by atoms with Crippen molar-refractivity contribution in [2.24, 2.45) is 0 Å². The number of benzene rings is 1. The molecule has 1 aliphatic rings. The fourth-order valence-corrected chi connectivity index (χ4v) is 2.32. The van der Waals surface area contributed by atoms with Crippen LogP contribution in [0.2, 0.25) is 0 Å². The Morgan fingerprint density at radius 1 is 1.42 bits per heavy atom. The summed E-state index contributed by atoms with van der Waals surface area (Å²) >= 11 is 0. The molecule has 19 heavy (non-hydrogen) atoms. The average molecular weight is 262 g/mol. The molecular weight excluding hydrogens is 240 g/mol. The Kier molecular flexibility index (Phi) is 4.38. The van der Waals surface area contributed by atoms with Crippen molar-refractivity contribution in [2.75, 3.05) is 13.7 Å². The summed E-state index contributed by atoms with van der Waals surface area (Å²) in [6.45, 7) is 4.62. The first-order chi connectivity index (χ1) is 9.03. The van der Waals surface area contributed by atoms with Gasteiger partial charge in [-0.3, -0.25) is 4.79 Å². The number of carbonyl (C=O) groups excluding carboxylic acids is 1. The van der Waals surface area contributed by atoms with Crippen molar-refractivity contribution in [3.63, 3.8) is 0 Å². The molecule has 0 N–H and O–H groups in total. The van der Waals surface area contributed by atoms with Gasteiger partial charge >= 0.3 is 0 Å². The Morgan fingerprint density at radius 3 is 2.89 bits per heavy atom. The Labute approximate surface area is 114 Å². The third kappa shape index (κ3) is 3.43. The average Bonchev–Trinajstić information content (AvgIpc) is 2.44. The number of fused-ring (bicyclic) bond motifs is 1. The number of ketones is 1. The first-order valence-corrected chi connectivity index (χ1v) is 6.81. The third-order valence-electron chi connectivity index (χ3n) is 3.81. The second-order valence-corrected chi connectivity index (χ2v) is 5.63. The van der Waals surface area contributed by atoms with Gasteiger partial charge in [0.05, 0.1) is 12.2 Å². The second kappa shape index (κ2) is 5.85. The highest BCUT2D eigenvalue weighted by atomic mass is 16.5. The molecule has 1 unspecified atom stereocenters. The summed E-state index contributed by atoms with van der Waals surface area (Å²) in [7, 11) is 1.68. The molecule has 3 nitrogen and oxygen atoms in total. The number of methoxy groups -OCH3 is 1. The van der Waals surface area contributed by atoms with Crippen LogP contribution < -0.4 is 0 Å². The van der Waals surface area contributed by atoms with Crippen molar-refractivity contribution in [2.45, 2.75) is 44.8 Å². The van der Waals surface area contributed by atoms with Crippen molar-refractivity contribution in [1.82, 2.24) is 0 Å². The van der Waals surface area contributed by atoms with Crippen LogP contribution in [0.5, 0.6) is 0 Å². The number of hydrogen-bond donors (Lipinski definition) is 0. The van der Waals surface area contributed by atoms with Crippen molar-refractivity contribution < 1.29 is 14.3 Å². The van der Waals surface area contributed by atoms with E-state index < -0.39 is 6.10 Å². The molecule has 0 saturated heterocycles. The molecule has 0 bridgehead atoms. The predicted octanol–water partition coefficient (Wildman–Crippen LogP) is 3.07. The fourth-order valence-electron chi connectivity index (χ4n) is 2.32. The van der Waals surface area contributed by atoms with E-state index in [0.29, 0.717) is 19.4 Å². The minimum atomic E-state index is -0.391. The molecule has 0 radical (unpaired) electrons. The van der Waals surface area contributed by atoms with Gasteiger partial charge in [-0.1, -0.05) is 24.3 Å². The normalized spacial score (nSPS) is 19.0. The van der Waals surface area contributed by atoms with Crippen molar-refractivity contribution in [1.29, 1.82) is 0 Å². The molecule has 0 aromatic heterocycles. The predicted molar refractivity (Wildman–Crippen MR) is 74.2 cm³/mol. The van der Waals surface area contributed by atoms with Crippen LogP contribution in [0.1, 0.15) is 43.9 Å². The van der Waals surface area contributed by atoms with Gasteiger partial charge in [0, 0.05) is 13.5 Å². The lowest BCUT2D eigenvalue weighted by Crippen LogP contribution is -2.27. The second-order valence-electron chi connectivity index (χ2n) is 5.63. The third-order valence-corrected chi connectivity index (χ3v) is 3.81. The molecule has 1 aliphatic heterocycles. The van der Waals surface area contributed by atoms with E-state index in [-0.39, 0.29) is 11.4 Å². The quantitative estimate of drug-likeness (QED) is 0.818. The molecule has 1 aromatic carbocycles. The molecule has 1 atom stereocenters. The molecule has 104 valence electrons. The molecule has 0 saturated carbocycles. The van der Waals surface area contributed by atoms with Crippen LogP contribution in [0.3, 0.4) is 0 Å². The zero-order valence-electron chi connectivity index (χ0n) is 11.9. The van der Waals surface area contributed by atoms with Crippen LogP contribution >= 0.6 is 0 Å². The number of carbonyl (C=O) groups is 1. The van der Waals surface area contributed by atoms with Gasteiger partial charge < -0.3 is 9.47 Å². The smallest absolute Gasteiger partial charge is 0.166 e. The Hall–Kier alpha value is -1.19. The highest BCUT2D eigenvalue weighted by Gasteiger charge is 2.28. The first-order valence-electron chi connectivity index (χ1n) is 6.81. The van der Waals surface area contributed by atoms with Gasteiger partial charge in [0.15, 0.2) is 5.78 Å². The maximum Gasteiger partial charge on any atom is 0.166 e. The van der Waals surface area contributed by atoms with Crippen molar-refractivity contribution >= 4 is 5.78 Å². The molecule has 2 rings (SSSR count). The lowest BCUT2D eigenvalue weighted by atomic mass is 9.91.